The lowest BCUT2D eigenvalue weighted by molar-refractivity contribution is -0.135. The number of carbonyl (C=O) groups is 1. The Hall–Kier alpha value is -0.610. The molecular formula is C13H26N2O2. The van der Waals surface area contributed by atoms with Crippen LogP contribution in [0.2, 0.25) is 0 Å². The van der Waals surface area contributed by atoms with E-state index in [0.717, 1.165) is 38.8 Å². The molecule has 17 heavy (non-hydrogen) atoms. The number of carbonyl (C=O) groups excluding carboxylic acids is 1. The summed E-state index contributed by atoms with van der Waals surface area (Å²) in [6.45, 7) is 6.46. The number of piperidine rings is 1. The zero-order chi connectivity index (χ0) is 12.7. The molecule has 0 aromatic rings. The van der Waals surface area contributed by atoms with Gasteiger partial charge in [-0.15, -0.1) is 0 Å². The van der Waals surface area contributed by atoms with Crippen molar-refractivity contribution in [3.05, 3.63) is 0 Å². The van der Waals surface area contributed by atoms with Crippen molar-refractivity contribution in [2.24, 2.45) is 5.92 Å². The van der Waals surface area contributed by atoms with Crippen LogP contribution in [0.4, 0.5) is 0 Å². The highest BCUT2D eigenvalue weighted by molar-refractivity contribution is 5.82. The molecule has 0 aromatic carbocycles. The molecule has 0 aromatic heterocycles. The highest BCUT2D eigenvalue weighted by Crippen LogP contribution is 2.17. The van der Waals surface area contributed by atoms with Gasteiger partial charge in [-0.2, -0.15) is 0 Å². The summed E-state index contributed by atoms with van der Waals surface area (Å²) >= 11 is 0. The van der Waals surface area contributed by atoms with Crippen molar-refractivity contribution in [3.8, 4) is 0 Å². The van der Waals surface area contributed by atoms with Crippen LogP contribution in [0, 0.1) is 5.92 Å². The lowest BCUT2D eigenvalue weighted by atomic mass is 9.91. The summed E-state index contributed by atoms with van der Waals surface area (Å²) in [4.78, 5) is 14.2. The summed E-state index contributed by atoms with van der Waals surface area (Å²) in [7, 11) is 0. The molecule has 4 heteroatoms. The molecule has 1 aliphatic rings. The van der Waals surface area contributed by atoms with Crippen molar-refractivity contribution in [2.45, 2.75) is 45.6 Å². The summed E-state index contributed by atoms with van der Waals surface area (Å²) in [5.74, 6) is 0.568. The fourth-order valence-electron chi connectivity index (χ4n) is 2.38. The van der Waals surface area contributed by atoms with Gasteiger partial charge in [0.2, 0.25) is 5.91 Å². The molecule has 2 N–H and O–H groups in total. The molecule has 1 saturated heterocycles. The van der Waals surface area contributed by atoms with Gasteiger partial charge in [-0.3, -0.25) is 4.79 Å². The molecule has 1 aliphatic heterocycles. The predicted molar refractivity (Wildman–Crippen MR) is 68.8 cm³/mol. The van der Waals surface area contributed by atoms with Gasteiger partial charge >= 0.3 is 0 Å². The standard InChI is InChI=1S/C13H26N2O2/c1-3-4-8-15(9-10-16)13(17)12-11(2)6-5-7-14-12/h11-12,14,16H,3-10H2,1-2H3. The average Bonchev–Trinajstić information content (AvgIpc) is 2.34. The van der Waals surface area contributed by atoms with Gasteiger partial charge in [0.1, 0.15) is 0 Å². The Morgan fingerprint density at radius 2 is 2.24 bits per heavy atom. The molecule has 0 spiro atoms. The van der Waals surface area contributed by atoms with Crippen molar-refractivity contribution in [1.29, 1.82) is 0 Å². The fraction of sp³-hybridized carbons (Fsp3) is 0.923. The Kier molecular flexibility index (Phi) is 6.52. The number of aliphatic hydroxyl groups excluding tert-OH is 1. The van der Waals surface area contributed by atoms with Crippen LogP contribution < -0.4 is 5.32 Å². The SMILES string of the molecule is CCCCN(CCO)C(=O)C1NCCCC1C. The first-order chi connectivity index (χ1) is 8.20. The van der Waals surface area contributed by atoms with Crippen molar-refractivity contribution in [3.63, 3.8) is 0 Å². The van der Waals surface area contributed by atoms with Crippen LogP contribution in [0.5, 0.6) is 0 Å². The quantitative estimate of drug-likeness (QED) is 0.730. The molecule has 2 atom stereocenters. The van der Waals surface area contributed by atoms with Gasteiger partial charge in [-0.05, 0) is 31.7 Å². The first-order valence-corrected chi connectivity index (χ1v) is 6.83. The minimum atomic E-state index is -0.0489. The molecule has 0 bridgehead atoms. The highest BCUT2D eigenvalue weighted by Gasteiger charge is 2.30. The smallest absolute Gasteiger partial charge is 0.240 e. The molecular weight excluding hydrogens is 216 g/mol. The van der Waals surface area contributed by atoms with Crippen LogP contribution >= 0.6 is 0 Å². The summed E-state index contributed by atoms with van der Waals surface area (Å²) in [6.07, 6.45) is 4.35. The third-order valence-corrected chi connectivity index (χ3v) is 3.50. The van der Waals surface area contributed by atoms with E-state index in [0.29, 0.717) is 12.5 Å². The highest BCUT2D eigenvalue weighted by atomic mass is 16.3. The minimum absolute atomic E-state index is 0.0489. The first-order valence-electron chi connectivity index (χ1n) is 6.83. The molecule has 1 amide bonds. The second kappa shape index (κ2) is 7.67. The summed E-state index contributed by atoms with van der Waals surface area (Å²) in [5.41, 5.74) is 0. The number of unbranched alkanes of at least 4 members (excludes halogenated alkanes) is 1. The largest absolute Gasteiger partial charge is 0.395 e. The predicted octanol–water partition coefficient (Wildman–Crippen LogP) is 0.995. The third-order valence-electron chi connectivity index (χ3n) is 3.50. The average molecular weight is 242 g/mol. The molecule has 4 nitrogen and oxygen atoms in total. The number of aliphatic hydroxyl groups is 1. The lowest BCUT2D eigenvalue weighted by Crippen LogP contribution is -2.53. The van der Waals surface area contributed by atoms with Gasteiger partial charge < -0.3 is 15.3 Å². The number of hydrogen-bond donors (Lipinski definition) is 2. The van der Waals surface area contributed by atoms with Gasteiger partial charge in [0, 0.05) is 13.1 Å². The van der Waals surface area contributed by atoms with E-state index >= 15 is 0 Å². The Balaban J connectivity index is 2.55. The van der Waals surface area contributed by atoms with E-state index in [1.165, 1.54) is 0 Å². The first kappa shape index (κ1) is 14.5. The number of nitrogens with zero attached hydrogens (tertiary/aromatic N) is 1. The Morgan fingerprint density at radius 3 is 2.82 bits per heavy atom. The molecule has 0 radical (unpaired) electrons. The van der Waals surface area contributed by atoms with Crippen LogP contribution in [0.15, 0.2) is 0 Å². The van der Waals surface area contributed by atoms with Crippen LogP contribution in [-0.4, -0.2) is 48.2 Å². The Labute approximate surface area is 104 Å². The maximum atomic E-state index is 12.4. The molecule has 1 fully saturated rings. The van der Waals surface area contributed by atoms with E-state index in [9.17, 15) is 4.79 Å². The van der Waals surface area contributed by atoms with E-state index in [4.69, 9.17) is 5.11 Å². The van der Waals surface area contributed by atoms with Gasteiger partial charge in [-0.25, -0.2) is 0 Å². The van der Waals surface area contributed by atoms with Gasteiger partial charge in [0.15, 0.2) is 0 Å². The Bertz CT molecular complexity index is 233. The van der Waals surface area contributed by atoms with Crippen LogP contribution in [0.25, 0.3) is 0 Å². The van der Waals surface area contributed by atoms with Crippen LogP contribution in [0.3, 0.4) is 0 Å². The monoisotopic (exact) mass is 242 g/mol. The van der Waals surface area contributed by atoms with Gasteiger partial charge in [0.25, 0.3) is 0 Å². The van der Waals surface area contributed by atoms with E-state index < -0.39 is 0 Å². The number of nitrogens with one attached hydrogen (secondary N) is 1. The van der Waals surface area contributed by atoms with E-state index in [1.807, 2.05) is 4.90 Å². The summed E-state index contributed by atoms with van der Waals surface area (Å²) < 4.78 is 0. The lowest BCUT2D eigenvalue weighted by Gasteiger charge is -2.33. The van der Waals surface area contributed by atoms with E-state index in [-0.39, 0.29) is 18.6 Å². The van der Waals surface area contributed by atoms with Crippen LogP contribution in [0.1, 0.15) is 39.5 Å². The molecule has 1 heterocycles. The van der Waals surface area contributed by atoms with Gasteiger partial charge in [0.05, 0.1) is 12.6 Å². The number of rotatable bonds is 6. The normalized spacial score (nSPS) is 24.6. The number of amides is 1. The second-order valence-electron chi connectivity index (χ2n) is 4.95. The molecule has 0 saturated carbocycles. The zero-order valence-corrected chi connectivity index (χ0v) is 11.1. The van der Waals surface area contributed by atoms with Crippen molar-refractivity contribution in [1.82, 2.24) is 10.2 Å². The molecule has 2 unspecified atom stereocenters. The van der Waals surface area contributed by atoms with E-state index in [2.05, 4.69) is 19.2 Å². The topological polar surface area (TPSA) is 52.6 Å². The van der Waals surface area contributed by atoms with Crippen LogP contribution in [-0.2, 0) is 4.79 Å². The minimum Gasteiger partial charge on any atom is -0.395 e. The van der Waals surface area contributed by atoms with E-state index in [1.54, 1.807) is 0 Å². The Morgan fingerprint density at radius 1 is 1.47 bits per heavy atom. The third kappa shape index (κ3) is 4.28. The second-order valence-corrected chi connectivity index (χ2v) is 4.95. The maximum Gasteiger partial charge on any atom is 0.240 e. The summed E-state index contributed by atoms with van der Waals surface area (Å²) in [6, 6.07) is -0.0489. The van der Waals surface area contributed by atoms with Crippen molar-refractivity contribution < 1.29 is 9.90 Å². The summed E-state index contributed by atoms with van der Waals surface area (Å²) in [5, 5.41) is 12.3. The molecule has 1 rings (SSSR count). The molecule has 0 aliphatic carbocycles. The van der Waals surface area contributed by atoms with Crippen molar-refractivity contribution >= 4 is 5.91 Å². The molecule has 100 valence electrons. The fourth-order valence-corrected chi connectivity index (χ4v) is 2.38. The number of hydrogen-bond acceptors (Lipinski definition) is 3. The zero-order valence-electron chi connectivity index (χ0n) is 11.1. The van der Waals surface area contributed by atoms with Gasteiger partial charge in [-0.1, -0.05) is 20.3 Å². The maximum absolute atomic E-state index is 12.4. The van der Waals surface area contributed by atoms with Crippen molar-refractivity contribution in [2.75, 3.05) is 26.2 Å².